The van der Waals surface area contributed by atoms with Gasteiger partial charge in [0.2, 0.25) is 0 Å². The van der Waals surface area contributed by atoms with E-state index in [-0.39, 0.29) is 5.91 Å². The second kappa shape index (κ2) is 4.94. The number of hydrogen-bond acceptors (Lipinski definition) is 2. The molecule has 0 bridgehead atoms. The first-order chi connectivity index (χ1) is 7.79. The van der Waals surface area contributed by atoms with Crippen molar-refractivity contribution in [3.63, 3.8) is 0 Å². The molecule has 1 N–H and O–H groups in total. The number of hydrogen-bond donors (Lipinski definition) is 1. The number of carbonyl (C=O) groups excluding carboxylic acids is 1. The van der Waals surface area contributed by atoms with Crippen LogP contribution in [0.5, 0.6) is 0 Å². The van der Waals surface area contributed by atoms with Crippen molar-refractivity contribution in [2.45, 2.75) is 13.3 Å². The Labute approximate surface area is 98.9 Å². The van der Waals surface area contributed by atoms with E-state index in [4.69, 9.17) is 0 Å². The minimum atomic E-state index is -0.0316. The number of aryl methyl sites for hydroxylation is 1. The van der Waals surface area contributed by atoms with Crippen LogP contribution in [0.1, 0.15) is 21.5 Å². The van der Waals surface area contributed by atoms with Gasteiger partial charge in [0.15, 0.2) is 0 Å². The van der Waals surface area contributed by atoms with Crippen LogP contribution >= 0.6 is 11.3 Å². The first kappa shape index (κ1) is 10.9. The van der Waals surface area contributed by atoms with Crippen LogP contribution in [-0.4, -0.2) is 5.91 Å². The Balaban J connectivity index is 2.09. The van der Waals surface area contributed by atoms with E-state index in [9.17, 15) is 4.79 Å². The molecule has 1 heterocycles. The Kier molecular flexibility index (Phi) is 3.37. The van der Waals surface area contributed by atoms with Crippen LogP contribution in [0.3, 0.4) is 0 Å². The highest BCUT2D eigenvalue weighted by Gasteiger charge is 2.08. The second-order valence-corrected chi connectivity index (χ2v) is 4.61. The molecule has 2 aromatic rings. The Morgan fingerprint density at radius 2 is 1.94 bits per heavy atom. The fourth-order valence-corrected chi connectivity index (χ4v) is 2.25. The summed E-state index contributed by atoms with van der Waals surface area (Å²) in [6.45, 7) is 2.09. The van der Waals surface area contributed by atoms with Crippen LogP contribution in [-0.2, 0) is 6.42 Å². The summed E-state index contributed by atoms with van der Waals surface area (Å²) in [6, 6.07) is 13.4. The molecule has 82 valence electrons. The third-order valence-corrected chi connectivity index (χ3v) is 3.49. The lowest BCUT2D eigenvalue weighted by Crippen LogP contribution is -2.09. The van der Waals surface area contributed by atoms with Gasteiger partial charge in [0, 0.05) is 10.6 Å². The van der Waals surface area contributed by atoms with Crippen LogP contribution in [0, 0.1) is 0 Å². The molecule has 0 aliphatic rings. The number of carbonyl (C=O) groups is 1. The molecule has 0 spiro atoms. The fourth-order valence-electron chi connectivity index (χ4n) is 1.40. The fraction of sp³-hybridized carbons (Fsp3) is 0.154. The second-order valence-electron chi connectivity index (χ2n) is 3.44. The summed E-state index contributed by atoms with van der Waals surface area (Å²) >= 11 is 1.55. The molecule has 3 heteroatoms. The van der Waals surface area contributed by atoms with Crippen molar-refractivity contribution >= 4 is 22.9 Å². The molecule has 2 rings (SSSR count). The average molecular weight is 231 g/mol. The lowest BCUT2D eigenvalue weighted by molar-refractivity contribution is 0.103. The van der Waals surface area contributed by atoms with Gasteiger partial charge < -0.3 is 5.32 Å². The van der Waals surface area contributed by atoms with E-state index in [1.165, 1.54) is 4.88 Å². The summed E-state index contributed by atoms with van der Waals surface area (Å²) in [5.41, 5.74) is 0.832. The maximum atomic E-state index is 11.8. The molecule has 2 nitrogen and oxygen atoms in total. The first-order valence-corrected chi connectivity index (χ1v) is 6.06. The maximum absolute atomic E-state index is 11.8. The molecule has 1 amide bonds. The number of benzene rings is 1. The van der Waals surface area contributed by atoms with E-state index in [2.05, 4.69) is 12.2 Å². The summed E-state index contributed by atoms with van der Waals surface area (Å²) in [5.74, 6) is -0.0316. The van der Waals surface area contributed by atoms with Gasteiger partial charge in [-0.05, 0) is 30.7 Å². The van der Waals surface area contributed by atoms with Gasteiger partial charge >= 0.3 is 0 Å². The standard InChI is InChI=1S/C13H13NOS/c1-2-11-8-9-12(16-11)13(15)14-10-6-4-3-5-7-10/h3-9H,2H2,1H3,(H,14,15). The highest BCUT2D eigenvalue weighted by atomic mass is 32.1. The maximum Gasteiger partial charge on any atom is 0.265 e. The van der Waals surface area contributed by atoms with Crippen LogP contribution in [0.25, 0.3) is 0 Å². The molecular weight excluding hydrogens is 218 g/mol. The number of nitrogens with one attached hydrogen (secondary N) is 1. The van der Waals surface area contributed by atoms with Crippen LogP contribution in [0.2, 0.25) is 0 Å². The third-order valence-electron chi connectivity index (χ3n) is 2.27. The zero-order valence-electron chi connectivity index (χ0n) is 9.07. The number of rotatable bonds is 3. The number of anilines is 1. The minimum absolute atomic E-state index is 0.0316. The molecule has 0 aliphatic carbocycles. The molecule has 0 aliphatic heterocycles. The Bertz CT molecular complexity index is 476. The molecule has 0 saturated heterocycles. The van der Waals surface area contributed by atoms with Gasteiger partial charge in [0.1, 0.15) is 0 Å². The summed E-state index contributed by atoms with van der Waals surface area (Å²) in [5, 5.41) is 2.87. The predicted octanol–water partition coefficient (Wildman–Crippen LogP) is 3.56. The Morgan fingerprint density at radius 1 is 1.19 bits per heavy atom. The third kappa shape index (κ3) is 2.49. The Morgan fingerprint density at radius 3 is 2.56 bits per heavy atom. The van der Waals surface area contributed by atoms with Gasteiger partial charge in [-0.1, -0.05) is 25.1 Å². The molecule has 0 fully saturated rings. The monoisotopic (exact) mass is 231 g/mol. The van der Waals surface area contributed by atoms with E-state index in [1.54, 1.807) is 11.3 Å². The van der Waals surface area contributed by atoms with Crippen LogP contribution in [0.15, 0.2) is 42.5 Å². The zero-order chi connectivity index (χ0) is 11.4. The quantitative estimate of drug-likeness (QED) is 0.859. The summed E-state index contributed by atoms with van der Waals surface area (Å²) in [7, 11) is 0. The first-order valence-electron chi connectivity index (χ1n) is 5.24. The molecule has 16 heavy (non-hydrogen) atoms. The van der Waals surface area contributed by atoms with E-state index in [0.29, 0.717) is 0 Å². The molecule has 1 aromatic heterocycles. The lowest BCUT2D eigenvalue weighted by Gasteiger charge is -2.02. The van der Waals surface area contributed by atoms with Crippen molar-refractivity contribution in [1.82, 2.24) is 0 Å². The highest BCUT2D eigenvalue weighted by Crippen LogP contribution is 2.18. The molecular formula is C13H13NOS. The van der Waals surface area contributed by atoms with Crippen LogP contribution in [0.4, 0.5) is 5.69 Å². The highest BCUT2D eigenvalue weighted by molar-refractivity contribution is 7.14. The summed E-state index contributed by atoms with van der Waals surface area (Å²) in [6.07, 6.45) is 0.975. The van der Waals surface area contributed by atoms with Crippen molar-refractivity contribution in [2.75, 3.05) is 5.32 Å². The SMILES string of the molecule is CCc1ccc(C(=O)Nc2ccccc2)s1. The van der Waals surface area contributed by atoms with Crippen molar-refractivity contribution in [2.24, 2.45) is 0 Å². The van der Waals surface area contributed by atoms with Gasteiger partial charge in [-0.2, -0.15) is 0 Å². The number of thiophene rings is 1. The molecule has 0 unspecified atom stereocenters. The molecule has 0 saturated carbocycles. The van der Waals surface area contributed by atoms with E-state index < -0.39 is 0 Å². The van der Waals surface area contributed by atoms with Gasteiger partial charge in [0.05, 0.1) is 4.88 Å². The van der Waals surface area contributed by atoms with Crippen molar-refractivity contribution in [3.8, 4) is 0 Å². The molecule has 0 radical (unpaired) electrons. The predicted molar refractivity (Wildman–Crippen MR) is 68.1 cm³/mol. The van der Waals surface area contributed by atoms with Crippen molar-refractivity contribution in [1.29, 1.82) is 0 Å². The normalized spacial score (nSPS) is 10.1. The van der Waals surface area contributed by atoms with Gasteiger partial charge in [0.25, 0.3) is 5.91 Å². The topological polar surface area (TPSA) is 29.1 Å². The van der Waals surface area contributed by atoms with E-state index >= 15 is 0 Å². The number of amides is 1. The summed E-state index contributed by atoms with van der Waals surface area (Å²) < 4.78 is 0. The zero-order valence-corrected chi connectivity index (χ0v) is 9.88. The van der Waals surface area contributed by atoms with E-state index in [0.717, 1.165) is 17.0 Å². The largest absolute Gasteiger partial charge is 0.321 e. The van der Waals surface area contributed by atoms with E-state index in [1.807, 2.05) is 42.5 Å². The smallest absolute Gasteiger partial charge is 0.265 e. The Hall–Kier alpha value is -1.61. The summed E-state index contributed by atoms with van der Waals surface area (Å²) in [4.78, 5) is 13.8. The van der Waals surface area contributed by atoms with Gasteiger partial charge in [-0.3, -0.25) is 4.79 Å². The number of para-hydroxylation sites is 1. The average Bonchev–Trinajstić information content (AvgIpc) is 2.79. The molecule has 0 atom stereocenters. The molecule has 1 aromatic carbocycles. The van der Waals surface area contributed by atoms with Gasteiger partial charge in [-0.15, -0.1) is 11.3 Å². The van der Waals surface area contributed by atoms with Crippen molar-refractivity contribution in [3.05, 3.63) is 52.2 Å². The van der Waals surface area contributed by atoms with Gasteiger partial charge in [-0.25, -0.2) is 0 Å². The van der Waals surface area contributed by atoms with Crippen LogP contribution < -0.4 is 5.32 Å². The van der Waals surface area contributed by atoms with Crippen molar-refractivity contribution < 1.29 is 4.79 Å². The lowest BCUT2D eigenvalue weighted by atomic mass is 10.3. The minimum Gasteiger partial charge on any atom is -0.321 e.